The zero-order valence-corrected chi connectivity index (χ0v) is 19.3. The maximum Gasteiger partial charge on any atom is 0.262 e. The number of aryl methyl sites for hydroxylation is 1. The molecule has 2 N–H and O–H groups in total. The monoisotopic (exact) mass is 437 g/mol. The molecule has 2 aromatic carbocycles. The lowest BCUT2D eigenvalue weighted by molar-refractivity contribution is -0.112. The Morgan fingerprint density at radius 1 is 1.06 bits per heavy atom. The van der Waals surface area contributed by atoms with E-state index in [1.165, 1.54) is 17.3 Å². The van der Waals surface area contributed by atoms with Gasteiger partial charge in [0.15, 0.2) is 0 Å². The number of fused-ring (bicyclic) bond motifs is 1. The lowest BCUT2D eigenvalue weighted by Crippen LogP contribution is -2.35. The molecule has 0 bridgehead atoms. The molecule has 2 aromatic rings. The van der Waals surface area contributed by atoms with Gasteiger partial charge >= 0.3 is 0 Å². The number of nitrogens with zero attached hydrogens (tertiary/aromatic N) is 1. The van der Waals surface area contributed by atoms with Crippen LogP contribution in [-0.2, 0) is 4.79 Å². The summed E-state index contributed by atoms with van der Waals surface area (Å²) in [5.41, 5.74) is 3.41. The Balaban J connectivity index is 1.63. The summed E-state index contributed by atoms with van der Waals surface area (Å²) in [6.45, 7) is 9.92. The minimum Gasteiger partial charge on any atom is -0.351 e. The third-order valence-corrected chi connectivity index (χ3v) is 6.20. The fourth-order valence-electron chi connectivity index (χ4n) is 3.51. The number of carbonyl (C=O) groups excluding carboxylic acids is 2. The summed E-state index contributed by atoms with van der Waals surface area (Å²) in [7, 11) is 0. The molecule has 31 heavy (non-hydrogen) atoms. The van der Waals surface area contributed by atoms with Crippen molar-refractivity contribution in [2.24, 2.45) is 0 Å². The van der Waals surface area contributed by atoms with Crippen LogP contribution in [0.3, 0.4) is 0 Å². The van der Waals surface area contributed by atoms with Crippen molar-refractivity contribution in [2.75, 3.05) is 31.5 Å². The number of nitrogens with one attached hydrogen (secondary N) is 2. The Morgan fingerprint density at radius 2 is 1.77 bits per heavy atom. The molecule has 164 valence electrons. The molecule has 0 radical (unpaired) electrons. The summed E-state index contributed by atoms with van der Waals surface area (Å²) in [5, 5.41) is 5.93. The number of hydrogen-bond donors (Lipinski definition) is 2. The number of carbonyl (C=O) groups is 2. The van der Waals surface area contributed by atoms with Crippen LogP contribution in [0, 0.1) is 6.92 Å². The highest BCUT2D eigenvalue weighted by Crippen LogP contribution is 2.39. The third kappa shape index (κ3) is 6.45. The van der Waals surface area contributed by atoms with Crippen LogP contribution in [0.1, 0.15) is 48.2 Å². The van der Waals surface area contributed by atoms with Crippen LogP contribution in [0.5, 0.6) is 0 Å². The first-order valence-corrected chi connectivity index (χ1v) is 11.7. The molecule has 0 spiro atoms. The van der Waals surface area contributed by atoms with Crippen LogP contribution in [0.25, 0.3) is 6.08 Å². The van der Waals surface area contributed by atoms with E-state index in [1.807, 2.05) is 49.4 Å². The molecule has 0 atom stereocenters. The van der Waals surface area contributed by atoms with Crippen LogP contribution in [0.15, 0.2) is 52.3 Å². The highest BCUT2D eigenvalue weighted by atomic mass is 32.2. The molecule has 1 heterocycles. The van der Waals surface area contributed by atoms with Crippen LogP contribution in [0.2, 0.25) is 0 Å². The zero-order chi connectivity index (χ0) is 22.2. The van der Waals surface area contributed by atoms with Gasteiger partial charge in [-0.2, -0.15) is 0 Å². The molecule has 0 saturated heterocycles. The van der Waals surface area contributed by atoms with E-state index in [9.17, 15) is 9.59 Å². The first kappa shape index (κ1) is 23.1. The molecule has 1 aliphatic heterocycles. The molecule has 2 amide bonds. The SMILES string of the molecule is CCCN(CCC)CCNC(=O)c1ccc2c(c1)NC(=O)/C(=C/c1ccc(C)cc1)S2. The molecule has 0 fully saturated rings. The Morgan fingerprint density at radius 3 is 2.45 bits per heavy atom. The van der Waals surface area contributed by atoms with Gasteiger partial charge in [-0.3, -0.25) is 9.59 Å². The van der Waals surface area contributed by atoms with Gasteiger partial charge in [-0.1, -0.05) is 55.4 Å². The second kappa shape index (κ2) is 11.2. The van der Waals surface area contributed by atoms with Gasteiger partial charge in [-0.25, -0.2) is 0 Å². The van der Waals surface area contributed by atoms with E-state index in [0.717, 1.165) is 42.9 Å². The second-order valence-corrected chi connectivity index (χ2v) is 8.87. The number of benzene rings is 2. The van der Waals surface area contributed by atoms with Crippen molar-refractivity contribution in [1.29, 1.82) is 0 Å². The van der Waals surface area contributed by atoms with E-state index in [2.05, 4.69) is 29.4 Å². The number of anilines is 1. The van der Waals surface area contributed by atoms with Crippen molar-refractivity contribution in [2.45, 2.75) is 38.5 Å². The molecule has 1 aliphatic rings. The van der Waals surface area contributed by atoms with Crippen molar-refractivity contribution in [3.63, 3.8) is 0 Å². The van der Waals surface area contributed by atoms with Crippen LogP contribution >= 0.6 is 11.8 Å². The fourth-order valence-corrected chi connectivity index (χ4v) is 4.44. The number of amides is 2. The van der Waals surface area contributed by atoms with Gasteiger partial charge in [0.1, 0.15) is 0 Å². The minimum absolute atomic E-state index is 0.115. The van der Waals surface area contributed by atoms with Crippen molar-refractivity contribution >= 4 is 35.3 Å². The average molecular weight is 438 g/mol. The second-order valence-electron chi connectivity index (χ2n) is 7.78. The number of thioether (sulfide) groups is 1. The lowest BCUT2D eigenvalue weighted by atomic mass is 10.1. The summed E-state index contributed by atoms with van der Waals surface area (Å²) < 4.78 is 0. The predicted octanol–water partition coefficient (Wildman–Crippen LogP) is 4.93. The molecule has 0 aromatic heterocycles. The Hall–Kier alpha value is -2.57. The summed E-state index contributed by atoms with van der Waals surface area (Å²) in [4.78, 5) is 29.1. The van der Waals surface area contributed by atoms with E-state index >= 15 is 0 Å². The Labute approximate surface area is 189 Å². The molecular weight excluding hydrogens is 406 g/mol. The summed E-state index contributed by atoms with van der Waals surface area (Å²) in [6, 6.07) is 13.5. The van der Waals surface area contributed by atoms with Gasteiger partial charge in [-0.15, -0.1) is 0 Å². The molecule has 6 heteroatoms. The van der Waals surface area contributed by atoms with E-state index in [-0.39, 0.29) is 11.8 Å². The molecule has 0 unspecified atom stereocenters. The summed E-state index contributed by atoms with van der Waals surface area (Å²) in [6.07, 6.45) is 4.11. The number of rotatable bonds is 9. The smallest absolute Gasteiger partial charge is 0.262 e. The highest BCUT2D eigenvalue weighted by Gasteiger charge is 2.22. The normalized spacial score (nSPS) is 14.5. The zero-order valence-electron chi connectivity index (χ0n) is 18.5. The fraction of sp³-hybridized carbons (Fsp3) is 0.360. The minimum atomic E-state index is -0.148. The Bertz CT molecular complexity index is 948. The van der Waals surface area contributed by atoms with Crippen molar-refractivity contribution in [3.05, 3.63) is 64.1 Å². The predicted molar refractivity (Wildman–Crippen MR) is 129 cm³/mol. The van der Waals surface area contributed by atoms with Crippen molar-refractivity contribution in [3.8, 4) is 0 Å². The molecule has 0 saturated carbocycles. The van der Waals surface area contributed by atoms with Crippen LogP contribution in [-0.4, -0.2) is 42.9 Å². The van der Waals surface area contributed by atoms with Gasteiger partial charge in [-0.05, 0) is 62.7 Å². The topological polar surface area (TPSA) is 61.4 Å². The highest BCUT2D eigenvalue weighted by molar-refractivity contribution is 8.04. The van der Waals surface area contributed by atoms with E-state index < -0.39 is 0 Å². The molecular formula is C25H31N3O2S. The van der Waals surface area contributed by atoms with E-state index in [1.54, 1.807) is 6.07 Å². The average Bonchev–Trinajstić information content (AvgIpc) is 2.75. The summed E-state index contributed by atoms with van der Waals surface area (Å²) in [5.74, 6) is -0.263. The van der Waals surface area contributed by atoms with Crippen molar-refractivity contribution in [1.82, 2.24) is 10.2 Å². The maximum atomic E-state index is 12.6. The van der Waals surface area contributed by atoms with Gasteiger partial charge in [0, 0.05) is 23.5 Å². The largest absolute Gasteiger partial charge is 0.351 e. The molecule has 3 rings (SSSR count). The first-order valence-electron chi connectivity index (χ1n) is 10.9. The third-order valence-electron chi connectivity index (χ3n) is 5.10. The van der Waals surface area contributed by atoms with Gasteiger partial charge in [0.05, 0.1) is 10.6 Å². The van der Waals surface area contributed by atoms with E-state index in [0.29, 0.717) is 22.7 Å². The lowest BCUT2D eigenvalue weighted by Gasteiger charge is -2.21. The Kier molecular flexibility index (Phi) is 8.32. The van der Waals surface area contributed by atoms with Gasteiger partial charge in [0.25, 0.3) is 11.8 Å². The summed E-state index contributed by atoms with van der Waals surface area (Å²) >= 11 is 1.43. The van der Waals surface area contributed by atoms with Gasteiger partial charge < -0.3 is 15.5 Å². The molecule has 0 aliphatic carbocycles. The maximum absolute atomic E-state index is 12.6. The standard InChI is InChI=1S/C25H31N3O2S/c1-4-13-28(14-5-2)15-12-26-24(29)20-10-11-22-21(17-20)27-25(30)23(31-22)16-19-8-6-18(3)7-9-19/h6-11,16-17H,4-5,12-15H2,1-3H3,(H,26,29)(H,27,30)/b23-16-. The van der Waals surface area contributed by atoms with E-state index in [4.69, 9.17) is 0 Å². The quantitative estimate of drug-likeness (QED) is 0.546. The van der Waals surface area contributed by atoms with Crippen molar-refractivity contribution < 1.29 is 9.59 Å². The number of hydrogen-bond acceptors (Lipinski definition) is 4. The molecule has 5 nitrogen and oxygen atoms in total. The van der Waals surface area contributed by atoms with Crippen LogP contribution in [0.4, 0.5) is 5.69 Å². The first-order chi connectivity index (χ1) is 15.0. The van der Waals surface area contributed by atoms with Crippen LogP contribution < -0.4 is 10.6 Å². The van der Waals surface area contributed by atoms with Gasteiger partial charge in [0.2, 0.25) is 0 Å².